The molecule has 3 N–H and O–H groups in total. The first kappa shape index (κ1) is 17.5. The fourth-order valence-electron chi connectivity index (χ4n) is 2.51. The molecule has 0 saturated heterocycles. The maximum absolute atomic E-state index is 12.0. The monoisotopic (exact) mass is 318 g/mol. The zero-order valence-corrected chi connectivity index (χ0v) is 13.8. The van der Waals surface area contributed by atoms with Gasteiger partial charge < -0.3 is 15.7 Å². The predicted octanol–water partition coefficient (Wildman–Crippen LogP) is 2.10. The van der Waals surface area contributed by atoms with Crippen LogP contribution in [0.25, 0.3) is 0 Å². The normalized spacial score (nSPS) is 16.5. The van der Waals surface area contributed by atoms with E-state index in [0.29, 0.717) is 12.3 Å². The van der Waals surface area contributed by atoms with Crippen LogP contribution in [0.2, 0.25) is 0 Å². The fraction of sp³-hybridized carbons (Fsp3) is 0.556. The second-order valence-corrected chi connectivity index (χ2v) is 6.34. The van der Waals surface area contributed by atoms with Gasteiger partial charge in [0.2, 0.25) is 11.8 Å². The Morgan fingerprint density at radius 1 is 1.26 bits per heavy atom. The number of hydrogen-bond donors (Lipinski definition) is 3. The third kappa shape index (κ3) is 5.36. The lowest BCUT2D eigenvalue weighted by Gasteiger charge is -2.14. The Bertz CT molecular complexity index is 534. The number of amides is 2. The molecular weight excluding hydrogens is 292 g/mol. The average molecular weight is 318 g/mol. The van der Waals surface area contributed by atoms with Crippen molar-refractivity contribution >= 4 is 17.5 Å². The summed E-state index contributed by atoms with van der Waals surface area (Å²) in [5, 5.41) is 14.8. The van der Waals surface area contributed by atoms with E-state index in [1.165, 1.54) is 0 Å². The van der Waals surface area contributed by atoms with Crippen LogP contribution in [0, 0.1) is 11.8 Å². The SMILES string of the molecule is CCC(CO)NC(=O)Cc1ccc(NC(=O)C(C)C2CC2)cc1. The van der Waals surface area contributed by atoms with E-state index >= 15 is 0 Å². The highest BCUT2D eigenvalue weighted by molar-refractivity contribution is 5.92. The molecule has 1 aromatic rings. The van der Waals surface area contributed by atoms with E-state index in [2.05, 4.69) is 10.6 Å². The summed E-state index contributed by atoms with van der Waals surface area (Å²) in [5.41, 5.74) is 1.64. The Kier molecular flexibility index (Phi) is 6.16. The number of aliphatic hydroxyl groups is 1. The summed E-state index contributed by atoms with van der Waals surface area (Å²) in [6, 6.07) is 7.14. The molecule has 0 heterocycles. The minimum absolute atomic E-state index is 0.0492. The molecule has 2 atom stereocenters. The molecule has 2 rings (SSSR count). The predicted molar refractivity (Wildman–Crippen MR) is 90.0 cm³/mol. The number of hydrogen-bond acceptors (Lipinski definition) is 3. The molecule has 0 radical (unpaired) electrons. The molecule has 1 aromatic carbocycles. The summed E-state index contributed by atoms with van der Waals surface area (Å²) >= 11 is 0. The van der Waals surface area contributed by atoms with Gasteiger partial charge in [0.1, 0.15) is 0 Å². The fourth-order valence-corrected chi connectivity index (χ4v) is 2.51. The topological polar surface area (TPSA) is 78.4 Å². The van der Waals surface area contributed by atoms with Gasteiger partial charge in [0.05, 0.1) is 19.1 Å². The molecule has 1 aliphatic rings. The molecular formula is C18H26N2O3. The van der Waals surface area contributed by atoms with Crippen LogP contribution in [0.4, 0.5) is 5.69 Å². The maximum atomic E-state index is 12.0. The minimum Gasteiger partial charge on any atom is -0.394 e. The van der Waals surface area contributed by atoms with Crippen LogP contribution in [-0.2, 0) is 16.0 Å². The summed E-state index contributed by atoms with van der Waals surface area (Å²) in [7, 11) is 0. The molecule has 1 saturated carbocycles. The lowest BCUT2D eigenvalue weighted by atomic mass is 10.1. The molecule has 1 aliphatic carbocycles. The maximum Gasteiger partial charge on any atom is 0.227 e. The average Bonchev–Trinajstić information content (AvgIpc) is 3.38. The van der Waals surface area contributed by atoms with Gasteiger partial charge in [-0.05, 0) is 42.9 Å². The standard InChI is InChI=1S/C18H26N2O3/c1-3-15(11-21)19-17(22)10-13-4-8-16(9-5-13)20-18(23)12(2)14-6-7-14/h4-5,8-9,12,14-15,21H,3,6-7,10-11H2,1-2H3,(H,19,22)(H,20,23). The Hall–Kier alpha value is -1.88. The quantitative estimate of drug-likeness (QED) is 0.687. The Morgan fingerprint density at radius 2 is 1.91 bits per heavy atom. The first-order valence-electron chi connectivity index (χ1n) is 8.33. The van der Waals surface area contributed by atoms with E-state index in [9.17, 15) is 9.59 Å². The summed E-state index contributed by atoms with van der Waals surface area (Å²) in [4.78, 5) is 23.9. The van der Waals surface area contributed by atoms with Crippen LogP contribution in [0.5, 0.6) is 0 Å². The van der Waals surface area contributed by atoms with Gasteiger partial charge in [-0.15, -0.1) is 0 Å². The van der Waals surface area contributed by atoms with Crippen molar-refractivity contribution in [3.63, 3.8) is 0 Å². The summed E-state index contributed by atoms with van der Waals surface area (Å²) in [6.07, 6.45) is 3.26. The molecule has 23 heavy (non-hydrogen) atoms. The van der Waals surface area contributed by atoms with Gasteiger partial charge in [-0.1, -0.05) is 26.0 Å². The summed E-state index contributed by atoms with van der Waals surface area (Å²) in [5.74, 6) is 0.553. The third-order valence-electron chi connectivity index (χ3n) is 4.41. The van der Waals surface area contributed by atoms with Gasteiger partial charge >= 0.3 is 0 Å². The summed E-state index contributed by atoms with van der Waals surface area (Å²) in [6.45, 7) is 3.84. The molecule has 1 fully saturated rings. The molecule has 0 spiro atoms. The van der Waals surface area contributed by atoms with E-state index in [1.807, 2.05) is 38.1 Å². The van der Waals surface area contributed by atoms with Crippen LogP contribution in [0.1, 0.15) is 38.7 Å². The van der Waals surface area contributed by atoms with Crippen molar-refractivity contribution in [2.75, 3.05) is 11.9 Å². The second-order valence-electron chi connectivity index (χ2n) is 6.34. The van der Waals surface area contributed by atoms with Crippen molar-refractivity contribution in [1.29, 1.82) is 0 Å². The van der Waals surface area contributed by atoms with Gasteiger partial charge in [0, 0.05) is 11.6 Å². The van der Waals surface area contributed by atoms with Crippen LogP contribution in [0.3, 0.4) is 0 Å². The first-order chi connectivity index (χ1) is 11.0. The number of carbonyl (C=O) groups excluding carboxylic acids is 2. The van der Waals surface area contributed by atoms with Crippen molar-refractivity contribution in [2.24, 2.45) is 11.8 Å². The van der Waals surface area contributed by atoms with E-state index < -0.39 is 0 Å². The van der Waals surface area contributed by atoms with Crippen LogP contribution < -0.4 is 10.6 Å². The van der Waals surface area contributed by atoms with Crippen LogP contribution >= 0.6 is 0 Å². The van der Waals surface area contributed by atoms with Gasteiger partial charge in [0.15, 0.2) is 0 Å². The van der Waals surface area contributed by atoms with Crippen molar-refractivity contribution < 1.29 is 14.7 Å². The number of aliphatic hydroxyl groups excluding tert-OH is 1. The Labute approximate surface area is 137 Å². The molecule has 0 bridgehead atoms. The highest BCUT2D eigenvalue weighted by atomic mass is 16.3. The highest BCUT2D eigenvalue weighted by Crippen LogP contribution is 2.37. The van der Waals surface area contributed by atoms with E-state index in [-0.39, 0.29) is 36.8 Å². The van der Waals surface area contributed by atoms with Gasteiger partial charge in [0.25, 0.3) is 0 Å². The van der Waals surface area contributed by atoms with Gasteiger partial charge in [-0.25, -0.2) is 0 Å². The Morgan fingerprint density at radius 3 is 2.43 bits per heavy atom. The number of nitrogens with one attached hydrogen (secondary N) is 2. The molecule has 2 unspecified atom stereocenters. The number of benzene rings is 1. The number of rotatable bonds is 8. The second kappa shape index (κ2) is 8.11. The highest BCUT2D eigenvalue weighted by Gasteiger charge is 2.32. The third-order valence-corrected chi connectivity index (χ3v) is 4.41. The van der Waals surface area contributed by atoms with Gasteiger partial charge in [-0.2, -0.15) is 0 Å². The van der Waals surface area contributed by atoms with Crippen molar-refractivity contribution in [1.82, 2.24) is 5.32 Å². The zero-order chi connectivity index (χ0) is 16.8. The summed E-state index contributed by atoms with van der Waals surface area (Å²) < 4.78 is 0. The van der Waals surface area contributed by atoms with Crippen molar-refractivity contribution in [2.45, 2.75) is 45.6 Å². The largest absolute Gasteiger partial charge is 0.394 e. The molecule has 0 aromatic heterocycles. The number of anilines is 1. The number of carbonyl (C=O) groups is 2. The minimum atomic E-state index is -0.190. The smallest absolute Gasteiger partial charge is 0.227 e. The lowest BCUT2D eigenvalue weighted by Crippen LogP contribution is -2.37. The molecule has 2 amide bonds. The van der Waals surface area contributed by atoms with Crippen molar-refractivity contribution in [3.05, 3.63) is 29.8 Å². The van der Waals surface area contributed by atoms with E-state index in [0.717, 1.165) is 24.1 Å². The van der Waals surface area contributed by atoms with Crippen LogP contribution in [-0.4, -0.2) is 29.6 Å². The van der Waals surface area contributed by atoms with E-state index in [1.54, 1.807) is 0 Å². The van der Waals surface area contributed by atoms with Crippen LogP contribution in [0.15, 0.2) is 24.3 Å². The Balaban J connectivity index is 1.84. The molecule has 126 valence electrons. The van der Waals surface area contributed by atoms with Gasteiger partial charge in [-0.3, -0.25) is 9.59 Å². The molecule has 5 heteroatoms. The lowest BCUT2D eigenvalue weighted by molar-refractivity contribution is -0.121. The van der Waals surface area contributed by atoms with E-state index in [4.69, 9.17) is 5.11 Å². The zero-order valence-electron chi connectivity index (χ0n) is 13.8. The first-order valence-corrected chi connectivity index (χ1v) is 8.33. The van der Waals surface area contributed by atoms with Crippen molar-refractivity contribution in [3.8, 4) is 0 Å². The molecule has 5 nitrogen and oxygen atoms in total. The molecule has 0 aliphatic heterocycles.